The van der Waals surface area contributed by atoms with Crippen LogP contribution in [0.1, 0.15) is 16.8 Å². The van der Waals surface area contributed by atoms with E-state index in [9.17, 15) is 14.4 Å². The highest BCUT2D eigenvalue weighted by Gasteiger charge is 2.35. The maximum absolute atomic E-state index is 13.0. The zero-order valence-corrected chi connectivity index (χ0v) is 17.4. The molecule has 0 radical (unpaired) electrons. The summed E-state index contributed by atoms with van der Waals surface area (Å²) < 4.78 is 10.5. The van der Waals surface area contributed by atoms with E-state index in [0.717, 1.165) is 0 Å². The first-order valence-corrected chi connectivity index (χ1v) is 10.3. The second-order valence-corrected chi connectivity index (χ2v) is 7.55. The molecule has 31 heavy (non-hydrogen) atoms. The van der Waals surface area contributed by atoms with E-state index in [2.05, 4.69) is 5.32 Å². The third-order valence-electron chi connectivity index (χ3n) is 5.57. The second kappa shape index (κ2) is 9.18. The number of nitrogens with zero attached hydrogens (tertiary/aromatic N) is 2. The van der Waals surface area contributed by atoms with Gasteiger partial charge >= 0.3 is 0 Å². The van der Waals surface area contributed by atoms with E-state index in [4.69, 9.17) is 9.47 Å². The summed E-state index contributed by atoms with van der Waals surface area (Å²) in [6.07, 6.45) is 0.114. The lowest BCUT2D eigenvalue weighted by atomic mass is 10.1. The lowest BCUT2D eigenvalue weighted by molar-refractivity contribution is -0.122. The molecule has 2 heterocycles. The predicted molar refractivity (Wildman–Crippen MR) is 115 cm³/mol. The van der Waals surface area contributed by atoms with Crippen LogP contribution in [0.3, 0.4) is 0 Å². The van der Waals surface area contributed by atoms with Gasteiger partial charge < -0.3 is 24.6 Å². The Balaban J connectivity index is 1.46. The molecule has 0 bridgehead atoms. The third-order valence-corrected chi connectivity index (χ3v) is 5.57. The third kappa shape index (κ3) is 4.54. The minimum Gasteiger partial charge on any atom is -0.497 e. The number of ether oxygens (including phenoxy) is 2. The number of carbonyl (C=O) groups is 3. The average Bonchev–Trinajstić information content (AvgIpc) is 3.21. The number of anilines is 2. The van der Waals surface area contributed by atoms with Crippen LogP contribution in [0.2, 0.25) is 0 Å². The molecule has 4 rings (SSSR count). The number of morpholine rings is 1. The Morgan fingerprint density at radius 2 is 1.87 bits per heavy atom. The summed E-state index contributed by atoms with van der Waals surface area (Å²) in [5.74, 6) is -0.397. The van der Waals surface area contributed by atoms with Gasteiger partial charge in [0.25, 0.3) is 5.91 Å². The topological polar surface area (TPSA) is 88.2 Å². The molecule has 2 aromatic carbocycles. The average molecular weight is 423 g/mol. The zero-order valence-electron chi connectivity index (χ0n) is 17.4. The molecular formula is C23H25N3O5. The molecule has 0 aliphatic carbocycles. The summed E-state index contributed by atoms with van der Waals surface area (Å²) in [4.78, 5) is 41.7. The van der Waals surface area contributed by atoms with E-state index in [1.807, 2.05) is 12.1 Å². The summed E-state index contributed by atoms with van der Waals surface area (Å²) in [7, 11) is 1.57. The Kier molecular flexibility index (Phi) is 6.18. The van der Waals surface area contributed by atoms with Crippen LogP contribution in [0, 0.1) is 5.92 Å². The molecule has 2 aromatic rings. The van der Waals surface area contributed by atoms with Crippen LogP contribution in [0.4, 0.5) is 11.4 Å². The molecule has 2 aliphatic rings. The lowest BCUT2D eigenvalue weighted by Crippen LogP contribution is -2.41. The van der Waals surface area contributed by atoms with E-state index in [0.29, 0.717) is 49.0 Å². The van der Waals surface area contributed by atoms with Crippen LogP contribution >= 0.6 is 0 Å². The van der Waals surface area contributed by atoms with Crippen molar-refractivity contribution in [3.05, 3.63) is 54.1 Å². The van der Waals surface area contributed by atoms with Crippen molar-refractivity contribution in [1.29, 1.82) is 0 Å². The van der Waals surface area contributed by atoms with Crippen molar-refractivity contribution in [3.63, 3.8) is 0 Å². The molecule has 2 saturated heterocycles. The Morgan fingerprint density at radius 3 is 2.65 bits per heavy atom. The number of hydrogen-bond acceptors (Lipinski definition) is 5. The summed E-state index contributed by atoms with van der Waals surface area (Å²) >= 11 is 0. The number of carbonyl (C=O) groups excluding carboxylic acids is 3. The molecule has 8 nitrogen and oxygen atoms in total. The van der Waals surface area contributed by atoms with Gasteiger partial charge in [-0.1, -0.05) is 18.2 Å². The minimum atomic E-state index is -0.509. The highest BCUT2D eigenvalue weighted by Crippen LogP contribution is 2.29. The van der Waals surface area contributed by atoms with Crippen LogP contribution in [-0.2, 0) is 14.3 Å². The first-order valence-electron chi connectivity index (χ1n) is 10.3. The summed E-state index contributed by atoms with van der Waals surface area (Å²) in [6.45, 7) is 2.33. The first-order chi connectivity index (χ1) is 15.1. The number of amides is 3. The Morgan fingerprint density at radius 1 is 1.10 bits per heavy atom. The lowest BCUT2D eigenvalue weighted by Gasteiger charge is -2.27. The van der Waals surface area contributed by atoms with Crippen molar-refractivity contribution in [1.82, 2.24) is 4.90 Å². The number of nitrogens with one attached hydrogen (secondary N) is 1. The van der Waals surface area contributed by atoms with Gasteiger partial charge in [0.1, 0.15) is 5.75 Å². The van der Waals surface area contributed by atoms with Gasteiger partial charge in [-0.15, -0.1) is 0 Å². The maximum atomic E-state index is 13.0. The summed E-state index contributed by atoms with van der Waals surface area (Å²) in [6, 6.07) is 14.2. The number of para-hydroxylation sites is 1. The number of methoxy groups -OCH3 is 1. The van der Waals surface area contributed by atoms with Crippen molar-refractivity contribution >= 4 is 29.1 Å². The van der Waals surface area contributed by atoms with E-state index in [1.165, 1.54) is 0 Å². The normalized spacial score (nSPS) is 18.7. The van der Waals surface area contributed by atoms with Gasteiger partial charge in [-0.25, -0.2) is 0 Å². The molecule has 1 unspecified atom stereocenters. The van der Waals surface area contributed by atoms with Gasteiger partial charge in [0, 0.05) is 37.8 Å². The van der Waals surface area contributed by atoms with Gasteiger partial charge in [0.05, 0.1) is 37.5 Å². The van der Waals surface area contributed by atoms with E-state index in [-0.39, 0.29) is 30.7 Å². The van der Waals surface area contributed by atoms with Crippen LogP contribution in [-0.4, -0.2) is 62.6 Å². The molecule has 0 saturated carbocycles. The fourth-order valence-corrected chi connectivity index (χ4v) is 3.86. The fourth-order valence-electron chi connectivity index (χ4n) is 3.86. The Labute approximate surface area is 180 Å². The van der Waals surface area contributed by atoms with Crippen molar-refractivity contribution in [2.45, 2.75) is 6.42 Å². The zero-order chi connectivity index (χ0) is 21.8. The molecule has 0 spiro atoms. The summed E-state index contributed by atoms with van der Waals surface area (Å²) in [5, 5.41) is 2.87. The molecule has 1 N–H and O–H groups in total. The highest BCUT2D eigenvalue weighted by atomic mass is 16.5. The molecule has 8 heteroatoms. The first kappa shape index (κ1) is 20.9. The summed E-state index contributed by atoms with van der Waals surface area (Å²) in [5.41, 5.74) is 1.59. The highest BCUT2D eigenvalue weighted by molar-refractivity contribution is 6.07. The number of hydrogen-bond donors (Lipinski definition) is 1. The standard InChI is InChI=1S/C23H25N3O5/c1-30-18-6-4-5-17(14-18)26-15-16(13-21(26)27)22(28)24-20-8-3-2-7-19(20)23(29)25-9-11-31-12-10-25/h2-8,14,16H,9-13,15H2,1H3,(H,24,28). The smallest absolute Gasteiger partial charge is 0.256 e. The van der Waals surface area contributed by atoms with E-state index in [1.54, 1.807) is 53.3 Å². The quantitative estimate of drug-likeness (QED) is 0.796. The molecule has 2 fully saturated rings. The maximum Gasteiger partial charge on any atom is 0.256 e. The Bertz CT molecular complexity index is 987. The van der Waals surface area contributed by atoms with Crippen LogP contribution in [0.25, 0.3) is 0 Å². The predicted octanol–water partition coefficient (Wildman–Crippen LogP) is 2.16. The van der Waals surface area contributed by atoms with Gasteiger partial charge in [-0.3, -0.25) is 14.4 Å². The van der Waals surface area contributed by atoms with Gasteiger partial charge in [-0.2, -0.15) is 0 Å². The molecular weight excluding hydrogens is 398 g/mol. The Hall–Kier alpha value is -3.39. The van der Waals surface area contributed by atoms with Gasteiger partial charge in [-0.05, 0) is 24.3 Å². The van der Waals surface area contributed by atoms with E-state index >= 15 is 0 Å². The van der Waals surface area contributed by atoms with Gasteiger partial charge in [0.2, 0.25) is 11.8 Å². The van der Waals surface area contributed by atoms with Crippen LogP contribution in [0.15, 0.2) is 48.5 Å². The van der Waals surface area contributed by atoms with Crippen LogP contribution < -0.4 is 15.0 Å². The number of rotatable bonds is 5. The molecule has 0 aromatic heterocycles. The van der Waals surface area contributed by atoms with Crippen LogP contribution in [0.5, 0.6) is 5.75 Å². The SMILES string of the molecule is COc1cccc(N2CC(C(=O)Nc3ccccc3C(=O)N3CCOCC3)CC2=O)c1. The molecule has 162 valence electrons. The second-order valence-electron chi connectivity index (χ2n) is 7.55. The molecule has 3 amide bonds. The monoisotopic (exact) mass is 423 g/mol. The largest absolute Gasteiger partial charge is 0.497 e. The van der Waals surface area contributed by atoms with Gasteiger partial charge in [0.15, 0.2) is 0 Å². The van der Waals surface area contributed by atoms with E-state index < -0.39 is 5.92 Å². The molecule has 2 aliphatic heterocycles. The van der Waals surface area contributed by atoms with Crippen molar-refractivity contribution < 1.29 is 23.9 Å². The minimum absolute atomic E-state index is 0.114. The van der Waals surface area contributed by atoms with Crippen molar-refractivity contribution in [3.8, 4) is 5.75 Å². The van der Waals surface area contributed by atoms with Crippen molar-refractivity contribution in [2.24, 2.45) is 5.92 Å². The number of benzene rings is 2. The molecule has 1 atom stereocenters. The fraction of sp³-hybridized carbons (Fsp3) is 0.348. The van der Waals surface area contributed by atoms with Crippen molar-refractivity contribution in [2.75, 3.05) is 50.2 Å².